The third kappa shape index (κ3) is 8.21. The number of methoxy groups -OCH3 is 1. The van der Waals surface area contributed by atoms with Gasteiger partial charge in [-0.25, -0.2) is 5.43 Å². The molecular formula is C28H30N4O5. The van der Waals surface area contributed by atoms with Gasteiger partial charge in [0.15, 0.2) is 18.1 Å². The summed E-state index contributed by atoms with van der Waals surface area (Å²) in [5, 5.41) is 9.12. The fourth-order valence-corrected chi connectivity index (χ4v) is 3.28. The zero-order chi connectivity index (χ0) is 26.6. The first-order valence-corrected chi connectivity index (χ1v) is 11.8. The summed E-state index contributed by atoms with van der Waals surface area (Å²) in [7, 11) is 1.47. The van der Waals surface area contributed by atoms with Crippen LogP contribution in [0, 0.1) is 0 Å². The fourth-order valence-electron chi connectivity index (χ4n) is 3.28. The number of nitrogens with one attached hydrogen (secondary N) is 3. The minimum absolute atomic E-state index is 0.203. The lowest BCUT2D eigenvalue weighted by Crippen LogP contribution is -2.32. The SMILES string of the molecule is CCc1ccc(NC(=O)COc2ccc(/C=N\NC(=O)C(=O)Nc3ccc(CC)cc3)cc2OC)cc1. The van der Waals surface area contributed by atoms with E-state index in [1.807, 2.05) is 43.3 Å². The number of hydrogen-bond acceptors (Lipinski definition) is 6. The number of anilines is 2. The zero-order valence-corrected chi connectivity index (χ0v) is 21.0. The molecule has 3 amide bonds. The van der Waals surface area contributed by atoms with Crippen molar-refractivity contribution in [3.05, 3.63) is 83.4 Å². The molecule has 9 nitrogen and oxygen atoms in total. The maximum atomic E-state index is 12.2. The number of hydrogen-bond donors (Lipinski definition) is 3. The van der Waals surface area contributed by atoms with E-state index in [1.54, 1.807) is 30.3 Å². The molecule has 3 aromatic carbocycles. The lowest BCUT2D eigenvalue weighted by atomic mass is 10.1. The van der Waals surface area contributed by atoms with Crippen molar-refractivity contribution in [3.63, 3.8) is 0 Å². The van der Waals surface area contributed by atoms with Crippen LogP contribution in [-0.2, 0) is 27.2 Å². The van der Waals surface area contributed by atoms with Crippen molar-refractivity contribution >= 4 is 35.3 Å². The van der Waals surface area contributed by atoms with Crippen LogP contribution >= 0.6 is 0 Å². The molecule has 0 spiro atoms. The van der Waals surface area contributed by atoms with E-state index in [1.165, 1.54) is 18.9 Å². The first-order valence-electron chi connectivity index (χ1n) is 11.8. The van der Waals surface area contributed by atoms with Gasteiger partial charge in [-0.15, -0.1) is 0 Å². The Bertz CT molecular complexity index is 1250. The highest BCUT2D eigenvalue weighted by Crippen LogP contribution is 2.27. The number of aryl methyl sites for hydroxylation is 2. The van der Waals surface area contributed by atoms with Crippen molar-refractivity contribution < 1.29 is 23.9 Å². The number of nitrogens with zero attached hydrogens (tertiary/aromatic N) is 1. The van der Waals surface area contributed by atoms with E-state index >= 15 is 0 Å². The summed E-state index contributed by atoms with van der Waals surface area (Å²) in [6.07, 6.45) is 3.17. The molecule has 3 rings (SSSR count). The molecule has 0 fully saturated rings. The maximum Gasteiger partial charge on any atom is 0.329 e. The van der Waals surface area contributed by atoms with Gasteiger partial charge in [-0.05, 0) is 72.0 Å². The molecule has 0 radical (unpaired) electrons. The largest absolute Gasteiger partial charge is 0.493 e. The first-order chi connectivity index (χ1) is 17.9. The van der Waals surface area contributed by atoms with E-state index in [4.69, 9.17) is 9.47 Å². The number of benzene rings is 3. The second-order valence-corrected chi connectivity index (χ2v) is 8.00. The topological polar surface area (TPSA) is 118 Å². The molecule has 0 saturated heterocycles. The third-order valence-electron chi connectivity index (χ3n) is 5.40. The number of ether oxygens (including phenoxy) is 2. The lowest BCUT2D eigenvalue weighted by Gasteiger charge is -2.11. The van der Waals surface area contributed by atoms with Crippen LogP contribution in [0.4, 0.5) is 11.4 Å². The number of carbonyl (C=O) groups excluding carboxylic acids is 3. The highest BCUT2D eigenvalue weighted by Gasteiger charge is 2.13. The van der Waals surface area contributed by atoms with E-state index in [0.717, 1.165) is 18.4 Å². The van der Waals surface area contributed by atoms with Crippen LogP contribution in [0.1, 0.15) is 30.5 Å². The Morgan fingerprint density at radius 3 is 1.95 bits per heavy atom. The van der Waals surface area contributed by atoms with Gasteiger partial charge in [0.25, 0.3) is 5.91 Å². The van der Waals surface area contributed by atoms with Gasteiger partial charge in [0.2, 0.25) is 0 Å². The number of hydrazone groups is 1. The molecule has 0 saturated carbocycles. The first kappa shape index (κ1) is 26.9. The van der Waals surface area contributed by atoms with E-state index in [2.05, 4.69) is 28.1 Å². The Balaban J connectivity index is 1.50. The summed E-state index contributed by atoms with van der Waals surface area (Å²) >= 11 is 0. The quantitative estimate of drug-likeness (QED) is 0.221. The van der Waals surface area contributed by atoms with E-state index in [9.17, 15) is 14.4 Å². The van der Waals surface area contributed by atoms with Crippen LogP contribution in [0.15, 0.2) is 71.8 Å². The Labute approximate surface area is 215 Å². The Hall–Kier alpha value is -4.66. The molecule has 0 aliphatic carbocycles. The predicted molar refractivity (Wildman–Crippen MR) is 143 cm³/mol. The van der Waals surface area contributed by atoms with Gasteiger partial charge in [-0.2, -0.15) is 5.10 Å². The Kier molecular flexibility index (Phi) is 9.78. The standard InChI is InChI=1S/C28H30N4O5/c1-4-19-6-11-22(12-7-19)30-26(33)18-37-24-15-10-21(16-25(24)36-3)17-29-32-28(35)27(34)31-23-13-8-20(5-2)9-14-23/h6-17H,4-5,18H2,1-3H3,(H,30,33)(H,31,34)(H,32,35)/b29-17-. The van der Waals surface area contributed by atoms with Crippen molar-refractivity contribution in [3.8, 4) is 11.5 Å². The van der Waals surface area contributed by atoms with E-state index in [0.29, 0.717) is 28.4 Å². The summed E-state index contributed by atoms with van der Waals surface area (Å²) in [6, 6.07) is 19.7. The molecule has 0 aromatic heterocycles. The average Bonchev–Trinajstić information content (AvgIpc) is 2.92. The minimum atomic E-state index is -0.905. The number of carbonyl (C=O) groups is 3. The van der Waals surface area contributed by atoms with Gasteiger partial charge in [-0.1, -0.05) is 38.1 Å². The lowest BCUT2D eigenvalue weighted by molar-refractivity contribution is -0.136. The van der Waals surface area contributed by atoms with Crippen molar-refractivity contribution in [2.45, 2.75) is 26.7 Å². The van der Waals surface area contributed by atoms with Gasteiger partial charge in [0.1, 0.15) is 0 Å². The van der Waals surface area contributed by atoms with Crippen LogP contribution in [0.5, 0.6) is 11.5 Å². The molecule has 0 heterocycles. The molecule has 192 valence electrons. The third-order valence-corrected chi connectivity index (χ3v) is 5.40. The molecule has 9 heteroatoms. The summed E-state index contributed by atoms with van der Waals surface area (Å²) in [5.41, 5.74) is 6.29. The molecule has 0 unspecified atom stereocenters. The van der Waals surface area contributed by atoms with Crippen LogP contribution in [0.3, 0.4) is 0 Å². The number of amides is 3. The van der Waals surface area contributed by atoms with E-state index in [-0.39, 0.29) is 12.5 Å². The van der Waals surface area contributed by atoms with Gasteiger partial charge in [0, 0.05) is 11.4 Å². The molecule has 37 heavy (non-hydrogen) atoms. The van der Waals surface area contributed by atoms with Gasteiger partial charge in [0.05, 0.1) is 13.3 Å². The predicted octanol–water partition coefficient (Wildman–Crippen LogP) is 3.93. The zero-order valence-electron chi connectivity index (χ0n) is 21.0. The Morgan fingerprint density at radius 1 is 0.784 bits per heavy atom. The highest BCUT2D eigenvalue weighted by atomic mass is 16.5. The molecule has 0 atom stereocenters. The van der Waals surface area contributed by atoms with Crippen LogP contribution < -0.4 is 25.5 Å². The van der Waals surface area contributed by atoms with Gasteiger partial charge in [-0.3, -0.25) is 14.4 Å². The summed E-state index contributed by atoms with van der Waals surface area (Å²) in [6.45, 7) is 3.89. The van der Waals surface area contributed by atoms with E-state index < -0.39 is 11.8 Å². The number of rotatable bonds is 10. The molecule has 0 bridgehead atoms. The smallest absolute Gasteiger partial charge is 0.329 e. The summed E-state index contributed by atoms with van der Waals surface area (Å²) < 4.78 is 10.9. The van der Waals surface area contributed by atoms with Crippen molar-refractivity contribution in [1.29, 1.82) is 0 Å². The second kappa shape index (κ2) is 13.4. The maximum absolute atomic E-state index is 12.2. The fraction of sp³-hybridized carbons (Fsp3) is 0.214. The monoisotopic (exact) mass is 502 g/mol. The highest BCUT2D eigenvalue weighted by molar-refractivity contribution is 6.39. The van der Waals surface area contributed by atoms with Crippen LogP contribution in [0.25, 0.3) is 0 Å². The van der Waals surface area contributed by atoms with Crippen LogP contribution in [0.2, 0.25) is 0 Å². The van der Waals surface area contributed by atoms with Crippen LogP contribution in [-0.4, -0.2) is 37.7 Å². The normalized spacial score (nSPS) is 10.6. The summed E-state index contributed by atoms with van der Waals surface area (Å²) in [5.74, 6) is -1.29. The minimum Gasteiger partial charge on any atom is -0.493 e. The molecule has 3 aromatic rings. The summed E-state index contributed by atoms with van der Waals surface area (Å²) in [4.78, 5) is 36.3. The Morgan fingerprint density at radius 2 is 1.38 bits per heavy atom. The van der Waals surface area contributed by atoms with Gasteiger partial charge < -0.3 is 20.1 Å². The van der Waals surface area contributed by atoms with Crippen molar-refractivity contribution in [2.24, 2.45) is 5.10 Å². The molecule has 0 aliphatic heterocycles. The average molecular weight is 503 g/mol. The second-order valence-electron chi connectivity index (χ2n) is 8.00. The molecule has 3 N–H and O–H groups in total. The molecule has 0 aliphatic rings. The van der Waals surface area contributed by atoms with Crippen molar-refractivity contribution in [1.82, 2.24) is 5.43 Å². The van der Waals surface area contributed by atoms with Crippen molar-refractivity contribution in [2.75, 3.05) is 24.4 Å². The molecular weight excluding hydrogens is 472 g/mol. The van der Waals surface area contributed by atoms with Gasteiger partial charge >= 0.3 is 11.8 Å².